The second kappa shape index (κ2) is 5.38. The van der Waals surface area contributed by atoms with Gasteiger partial charge in [-0.2, -0.15) is 0 Å². The summed E-state index contributed by atoms with van der Waals surface area (Å²) >= 11 is 1.46. The zero-order chi connectivity index (χ0) is 15.0. The Hall–Kier alpha value is -2.05. The molecule has 110 valence electrons. The second-order valence-corrected chi connectivity index (χ2v) is 5.91. The molecule has 3 rings (SSSR count). The summed E-state index contributed by atoms with van der Waals surface area (Å²) in [6, 6.07) is 7.31. The number of ether oxygens (including phenoxy) is 1. The zero-order valence-electron chi connectivity index (χ0n) is 11.8. The summed E-state index contributed by atoms with van der Waals surface area (Å²) in [4.78, 5) is 14.0. The number of aliphatic hydroxyl groups excluding tert-OH is 1. The lowest BCUT2D eigenvalue weighted by atomic mass is 10.0. The van der Waals surface area contributed by atoms with Crippen molar-refractivity contribution in [1.29, 1.82) is 0 Å². The number of methoxy groups -OCH3 is 1. The first kappa shape index (κ1) is 13.9. The van der Waals surface area contributed by atoms with E-state index in [2.05, 4.69) is 5.32 Å². The number of nitrogens with zero attached hydrogens (tertiary/aromatic N) is 1. The maximum absolute atomic E-state index is 11.6. The van der Waals surface area contributed by atoms with Crippen LogP contribution in [-0.2, 0) is 6.54 Å². The summed E-state index contributed by atoms with van der Waals surface area (Å²) in [5.41, 5.74) is 2.58. The molecule has 0 saturated carbocycles. The van der Waals surface area contributed by atoms with Gasteiger partial charge in [0.05, 0.1) is 12.0 Å². The number of amides is 2. The summed E-state index contributed by atoms with van der Waals surface area (Å²) < 4.78 is 5.26. The molecule has 0 spiro atoms. The van der Waals surface area contributed by atoms with Crippen LogP contribution < -0.4 is 10.1 Å². The average Bonchev–Trinajstić information content (AvgIpc) is 2.95. The van der Waals surface area contributed by atoms with E-state index >= 15 is 0 Å². The number of benzene rings is 1. The van der Waals surface area contributed by atoms with E-state index in [1.54, 1.807) is 19.1 Å². The predicted octanol–water partition coefficient (Wildman–Crippen LogP) is 2.82. The number of anilines is 1. The van der Waals surface area contributed by atoms with Gasteiger partial charge in [-0.15, -0.1) is 11.3 Å². The molecule has 0 aliphatic carbocycles. The lowest BCUT2D eigenvalue weighted by molar-refractivity contribution is 0.216. The Bertz CT molecular complexity index is 683. The molecule has 21 heavy (non-hydrogen) atoms. The van der Waals surface area contributed by atoms with Crippen LogP contribution in [0.5, 0.6) is 5.75 Å². The number of aliphatic hydroxyl groups is 1. The maximum Gasteiger partial charge on any atom is 0.321 e. The molecule has 1 aliphatic heterocycles. The van der Waals surface area contributed by atoms with Crippen LogP contribution in [0.4, 0.5) is 10.5 Å². The van der Waals surface area contributed by atoms with Gasteiger partial charge in [-0.25, -0.2) is 4.79 Å². The number of rotatable bonds is 3. The van der Waals surface area contributed by atoms with Crippen LogP contribution >= 0.6 is 11.3 Å². The van der Waals surface area contributed by atoms with E-state index in [9.17, 15) is 9.90 Å². The Labute approximate surface area is 126 Å². The van der Waals surface area contributed by atoms with E-state index in [0.29, 0.717) is 12.3 Å². The number of thiophene rings is 1. The van der Waals surface area contributed by atoms with E-state index in [4.69, 9.17) is 4.74 Å². The molecule has 0 saturated heterocycles. The molecule has 1 unspecified atom stereocenters. The highest BCUT2D eigenvalue weighted by Gasteiger charge is 2.22. The highest BCUT2D eigenvalue weighted by atomic mass is 32.1. The van der Waals surface area contributed by atoms with Crippen LogP contribution in [0.15, 0.2) is 29.6 Å². The molecule has 1 aromatic heterocycles. The molecule has 2 heterocycles. The van der Waals surface area contributed by atoms with Crippen LogP contribution in [0.1, 0.15) is 22.1 Å². The number of nitrogens with one attached hydrogen (secondary N) is 1. The molecular formula is C15H16N2O3S. The Kier molecular flexibility index (Phi) is 3.57. The number of urea groups is 1. The quantitative estimate of drug-likeness (QED) is 0.916. The Morgan fingerprint density at radius 3 is 3.00 bits per heavy atom. The molecule has 1 aliphatic rings. The van der Waals surface area contributed by atoms with Crippen LogP contribution in [-0.4, -0.2) is 30.2 Å². The van der Waals surface area contributed by atoms with E-state index in [0.717, 1.165) is 21.7 Å². The van der Waals surface area contributed by atoms with Crippen molar-refractivity contribution in [1.82, 2.24) is 4.90 Å². The van der Waals surface area contributed by atoms with Crippen LogP contribution in [0.2, 0.25) is 0 Å². The summed E-state index contributed by atoms with van der Waals surface area (Å²) in [5.74, 6) is 0.690. The van der Waals surface area contributed by atoms with E-state index in [1.165, 1.54) is 11.3 Å². The third kappa shape index (κ3) is 2.48. The zero-order valence-corrected chi connectivity index (χ0v) is 12.6. The largest absolute Gasteiger partial charge is 0.495 e. The lowest BCUT2D eigenvalue weighted by Crippen LogP contribution is -2.35. The SMILES string of the molecule is COc1ccsc1C(O)c1ccc2c(c1)CN(C)C(=O)N2. The van der Waals surface area contributed by atoms with Gasteiger partial charge in [-0.1, -0.05) is 6.07 Å². The topological polar surface area (TPSA) is 61.8 Å². The van der Waals surface area contributed by atoms with Gasteiger partial charge in [-0.05, 0) is 34.7 Å². The van der Waals surface area contributed by atoms with Crippen molar-refractivity contribution in [3.05, 3.63) is 45.6 Å². The van der Waals surface area contributed by atoms with Gasteiger partial charge in [0.2, 0.25) is 0 Å². The Morgan fingerprint density at radius 1 is 1.43 bits per heavy atom. The molecule has 0 bridgehead atoms. The van der Waals surface area contributed by atoms with Crippen LogP contribution in [0.25, 0.3) is 0 Å². The molecule has 1 atom stereocenters. The third-order valence-electron chi connectivity index (χ3n) is 3.57. The predicted molar refractivity (Wildman–Crippen MR) is 81.9 cm³/mol. The fraction of sp³-hybridized carbons (Fsp3) is 0.267. The highest BCUT2D eigenvalue weighted by molar-refractivity contribution is 7.10. The van der Waals surface area contributed by atoms with Crippen molar-refractivity contribution in [2.75, 3.05) is 19.5 Å². The summed E-state index contributed by atoms with van der Waals surface area (Å²) in [5, 5.41) is 15.3. The summed E-state index contributed by atoms with van der Waals surface area (Å²) in [6.07, 6.45) is -0.729. The van der Waals surface area contributed by atoms with Gasteiger partial charge in [0.25, 0.3) is 0 Å². The number of hydrogen-bond donors (Lipinski definition) is 2. The summed E-state index contributed by atoms with van der Waals surface area (Å²) in [7, 11) is 3.33. The molecule has 5 nitrogen and oxygen atoms in total. The first-order valence-electron chi connectivity index (χ1n) is 6.54. The van der Waals surface area contributed by atoms with E-state index < -0.39 is 6.10 Å². The van der Waals surface area contributed by atoms with Gasteiger partial charge in [0.1, 0.15) is 11.9 Å². The first-order chi connectivity index (χ1) is 10.1. The number of hydrogen-bond acceptors (Lipinski definition) is 4. The number of carbonyl (C=O) groups excluding carboxylic acids is 1. The van der Waals surface area contributed by atoms with Crippen molar-refractivity contribution in [2.45, 2.75) is 12.6 Å². The fourth-order valence-corrected chi connectivity index (χ4v) is 3.27. The molecule has 6 heteroatoms. The van der Waals surface area contributed by atoms with Gasteiger partial charge in [0.15, 0.2) is 0 Å². The highest BCUT2D eigenvalue weighted by Crippen LogP contribution is 2.36. The van der Waals surface area contributed by atoms with Gasteiger partial charge in [0, 0.05) is 19.3 Å². The molecule has 2 aromatic rings. The Balaban J connectivity index is 1.94. The smallest absolute Gasteiger partial charge is 0.321 e. The van der Waals surface area contributed by atoms with Gasteiger partial charge in [-0.3, -0.25) is 0 Å². The van der Waals surface area contributed by atoms with Crippen molar-refractivity contribution in [3.63, 3.8) is 0 Å². The minimum absolute atomic E-state index is 0.115. The van der Waals surface area contributed by atoms with Crippen LogP contribution in [0.3, 0.4) is 0 Å². The van der Waals surface area contributed by atoms with E-state index in [-0.39, 0.29) is 6.03 Å². The molecule has 0 fully saturated rings. The minimum atomic E-state index is -0.729. The molecule has 2 amide bonds. The normalized spacial score (nSPS) is 15.4. The fourth-order valence-electron chi connectivity index (χ4n) is 2.40. The average molecular weight is 304 g/mol. The molecule has 1 aromatic carbocycles. The van der Waals surface area contributed by atoms with Crippen molar-refractivity contribution >= 4 is 23.1 Å². The van der Waals surface area contributed by atoms with Crippen LogP contribution in [0, 0.1) is 0 Å². The second-order valence-electron chi connectivity index (χ2n) is 4.96. The van der Waals surface area contributed by atoms with Gasteiger partial charge >= 0.3 is 6.03 Å². The van der Waals surface area contributed by atoms with Crippen molar-refractivity contribution in [2.24, 2.45) is 0 Å². The van der Waals surface area contributed by atoms with Crippen molar-refractivity contribution < 1.29 is 14.6 Å². The first-order valence-corrected chi connectivity index (χ1v) is 7.42. The minimum Gasteiger partial charge on any atom is -0.495 e. The molecule has 0 radical (unpaired) electrons. The molecule has 2 N–H and O–H groups in total. The number of carbonyl (C=O) groups is 1. The third-order valence-corrected chi connectivity index (χ3v) is 4.52. The Morgan fingerprint density at radius 2 is 2.24 bits per heavy atom. The monoisotopic (exact) mass is 304 g/mol. The summed E-state index contributed by atoms with van der Waals surface area (Å²) in [6.45, 7) is 0.531. The maximum atomic E-state index is 11.6. The standard InChI is InChI=1S/C15H16N2O3S/c1-17-8-10-7-9(3-4-11(10)16-15(17)19)13(18)14-12(20-2)5-6-21-14/h3-7,13,18H,8H2,1-2H3,(H,16,19). The van der Waals surface area contributed by atoms with Gasteiger partial charge < -0.3 is 20.1 Å². The lowest BCUT2D eigenvalue weighted by Gasteiger charge is -2.26. The molecular weight excluding hydrogens is 288 g/mol. The van der Waals surface area contributed by atoms with E-state index in [1.807, 2.05) is 29.6 Å². The van der Waals surface area contributed by atoms with Crippen molar-refractivity contribution in [3.8, 4) is 5.75 Å². The number of fused-ring (bicyclic) bond motifs is 1.